The number of anilines is 1. The van der Waals surface area contributed by atoms with Gasteiger partial charge in [-0.2, -0.15) is 11.8 Å². The van der Waals surface area contributed by atoms with Crippen molar-refractivity contribution in [1.29, 1.82) is 0 Å². The highest BCUT2D eigenvalue weighted by atomic mass is 35.5. The van der Waals surface area contributed by atoms with E-state index in [4.69, 9.17) is 27.9 Å². The summed E-state index contributed by atoms with van der Waals surface area (Å²) in [5, 5.41) is 3.61. The van der Waals surface area contributed by atoms with Gasteiger partial charge in [0.15, 0.2) is 0 Å². The van der Waals surface area contributed by atoms with E-state index in [1.165, 1.54) is 0 Å². The Morgan fingerprint density at radius 1 is 1.26 bits per heavy atom. The molecule has 0 saturated carbocycles. The van der Waals surface area contributed by atoms with Crippen LogP contribution in [0.4, 0.5) is 5.69 Å². The second-order valence-corrected chi connectivity index (χ2v) is 7.03. The van der Waals surface area contributed by atoms with Crippen molar-refractivity contribution in [3.05, 3.63) is 52.1 Å². The van der Waals surface area contributed by atoms with Crippen molar-refractivity contribution in [2.45, 2.75) is 12.5 Å². The quantitative estimate of drug-likeness (QED) is 0.861. The summed E-state index contributed by atoms with van der Waals surface area (Å²) >= 11 is 13.7. The van der Waals surface area contributed by atoms with Gasteiger partial charge in [-0.3, -0.25) is 4.79 Å². The van der Waals surface area contributed by atoms with Crippen molar-refractivity contribution in [3.8, 4) is 5.88 Å². The Balaban J connectivity index is 1.70. The van der Waals surface area contributed by atoms with E-state index >= 15 is 0 Å². The molecule has 1 aliphatic heterocycles. The predicted octanol–water partition coefficient (Wildman–Crippen LogP) is 4.53. The summed E-state index contributed by atoms with van der Waals surface area (Å²) in [5.74, 6) is 2.28. The Hall–Kier alpha value is -1.43. The molecule has 0 radical (unpaired) electrons. The fourth-order valence-electron chi connectivity index (χ4n) is 2.17. The van der Waals surface area contributed by atoms with Gasteiger partial charge >= 0.3 is 0 Å². The number of hydrogen-bond donors (Lipinski definition) is 1. The van der Waals surface area contributed by atoms with Gasteiger partial charge < -0.3 is 10.1 Å². The number of ether oxygens (including phenoxy) is 1. The van der Waals surface area contributed by atoms with Gasteiger partial charge in [-0.25, -0.2) is 4.98 Å². The lowest BCUT2D eigenvalue weighted by atomic mass is 10.2. The van der Waals surface area contributed by atoms with E-state index in [1.54, 1.807) is 36.5 Å². The van der Waals surface area contributed by atoms with E-state index in [-0.39, 0.29) is 12.0 Å². The van der Waals surface area contributed by atoms with Crippen LogP contribution in [0.1, 0.15) is 16.8 Å². The minimum absolute atomic E-state index is 0.167. The van der Waals surface area contributed by atoms with Gasteiger partial charge in [0.25, 0.3) is 5.91 Å². The van der Waals surface area contributed by atoms with Crippen molar-refractivity contribution in [2.24, 2.45) is 0 Å². The zero-order valence-electron chi connectivity index (χ0n) is 12.1. The molecule has 2 aromatic rings. The lowest BCUT2D eigenvalue weighted by Gasteiger charge is -2.12. The highest BCUT2D eigenvalue weighted by Crippen LogP contribution is 2.26. The number of carbonyl (C=O) groups excluding carboxylic acids is 1. The fourth-order valence-corrected chi connectivity index (χ4v) is 3.56. The minimum atomic E-state index is -0.253. The van der Waals surface area contributed by atoms with Gasteiger partial charge in [0, 0.05) is 29.3 Å². The molecule has 1 aromatic heterocycles. The Morgan fingerprint density at radius 2 is 2.13 bits per heavy atom. The van der Waals surface area contributed by atoms with Crippen LogP contribution < -0.4 is 10.1 Å². The normalized spacial score (nSPS) is 17.0. The van der Waals surface area contributed by atoms with Gasteiger partial charge in [-0.1, -0.05) is 23.2 Å². The maximum absolute atomic E-state index is 12.3. The van der Waals surface area contributed by atoms with Crippen LogP contribution in [0.25, 0.3) is 0 Å². The molecular weight excluding hydrogens is 355 g/mol. The molecule has 1 atom stereocenters. The lowest BCUT2D eigenvalue weighted by Crippen LogP contribution is -2.17. The SMILES string of the molecule is O=C(Nc1ccc(Cl)c(Cl)c1)c1ccnc(OC2CCSC2)c1. The first kappa shape index (κ1) is 16.4. The monoisotopic (exact) mass is 368 g/mol. The Morgan fingerprint density at radius 3 is 2.87 bits per heavy atom. The van der Waals surface area contributed by atoms with E-state index in [1.807, 2.05) is 11.8 Å². The molecular formula is C16H14Cl2N2O2S. The van der Waals surface area contributed by atoms with Gasteiger partial charge in [0.1, 0.15) is 6.10 Å². The highest BCUT2D eigenvalue weighted by molar-refractivity contribution is 7.99. The second-order valence-electron chi connectivity index (χ2n) is 5.07. The van der Waals surface area contributed by atoms with Crippen LogP contribution in [0.3, 0.4) is 0 Å². The standard InChI is InChI=1S/C16H14Cl2N2O2S/c17-13-2-1-11(8-14(13)18)20-16(21)10-3-5-19-15(7-10)22-12-4-6-23-9-12/h1-3,5,7-8,12H,4,6,9H2,(H,20,21). The molecule has 2 heterocycles. The zero-order chi connectivity index (χ0) is 16.2. The smallest absolute Gasteiger partial charge is 0.255 e. The lowest BCUT2D eigenvalue weighted by molar-refractivity contribution is 0.102. The molecule has 23 heavy (non-hydrogen) atoms. The first-order chi connectivity index (χ1) is 11.1. The predicted molar refractivity (Wildman–Crippen MR) is 95.0 cm³/mol. The number of nitrogens with zero attached hydrogens (tertiary/aromatic N) is 1. The molecule has 1 N–H and O–H groups in total. The molecule has 120 valence electrons. The Labute approximate surface area is 148 Å². The van der Waals surface area contributed by atoms with Gasteiger partial charge in [-0.05, 0) is 36.4 Å². The number of thioether (sulfide) groups is 1. The van der Waals surface area contributed by atoms with E-state index in [0.717, 1.165) is 17.9 Å². The number of benzene rings is 1. The van der Waals surface area contributed by atoms with Crippen molar-refractivity contribution in [2.75, 3.05) is 16.8 Å². The number of carbonyl (C=O) groups is 1. The van der Waals surface area contributed by atoms with Crippen molar-refractivity contribution in [1.82, 2.24) is 4.98 Å². The first-order valence-corrected chi connectivity index (χ1v) is 9.00. The number of aromatic nitrogens is 1. The summed E-state index contributed by atoms with van der Waals surface area (Å²) in [5.41, 5.74) is 1.06. The van der Waals surface area contributed by atoms with Crippen LogP contribution in [-0.4, -0.2) is 28.5 Å². The fraction of sp³-hybridized carbons (Fsp3) is 0.250. The molecule has 1 aliphatic rings. The van der Waals surface area contributed by atoms with Crippen molar-refractivity contribution in [3.63, 3.8) is 0 Å². The van der Waals surface area contributed by atoms with Crippen molar-refractivity contribution >= 4 is 46.6 Å². The van der Waals surface area contributed by atoms with Crippen LogP contribution in [0.2, 0.25) is 10.0 Å². The Kier molecular flexibility index (Phi) is 5.30. The summed E-state index contributed by atoms with van der Waals surface area (Å²) < 4.78 is 5.80. The molecule has 1 fully saturated rings. The Bertz CT molecular complexity index is 721. The third kappa shape index (κ3) is 4.31. The summed E-state index contributed by atoms with van der Waals surface area (Å²) in [7, 11) is 0. The van der Waals surface area contributed by atoms with Crippen LogP contribution >= 0.6 is 35.0 Å². The number of pyridine rings is 1. The molecule has 3 rings (SSSR count). The highest BCUT2D eigenvalue weighted by Gasteiger charge is 2.18. The van der Waals surface area contributed by atoms with E-state index < -0.39 is 0 Å². The number of rotatable bonds is 4. The molecule has 1 unspecified atom stereocenters. The van der Waals surface area contributed by atoms with Crippen LogP contribution in [-0.2, 0) is 0 Å². The van der Waals surface area contributed by atoms with Crippen LogP contribution in [0.5, 0.6) is 5.88 Å². The number of halogens is 2. The molecule has 1 aromatic carbocycles. The topological polar surface area (TPSA) is 51.2 Å². The van der Waals surface area contributed by atoms with E-state index in [2.05, 4.69) is 10.3 Å². The summed E-state index contributed by atoms with van der Waals surface area (Å²) in [6.07, 6.45) is 2.74. The molecule has 0 aliphatic carbocycles. The largest absolute Gasteiger partial charge is 0.473 e. The molecule has 4 nitrogen and oxygen atoms in total. The van der Waals surface area contributed by atoms with Crippen LogP contribution in [0, 0.1) is 0 Å². The molecule has 1 saturated heterocycles. The second kappa shape index (κ2) is 7.43. The first-order valence-electron chi connectivity index (χ1n) is 7.08. The maximum atomic E-state index is 12.3. The minimum Gasteiger partial charge on any atom is -0.473 e. The number of nitrogens with one attached hydrogen (secondary N) is 1. The average Bonchev–Trinajstić information content (AvgIpc) is 3.04. The average molecular weight is 369 g/mol. The molecule has 0 bridgehead atoms. The molecule has 1 amide bonds. The van der Waals surface area contributed by atoms with E-state index in [9.17, 15) is 4.79 Å². The maximum Gasteiger partial charge on any atom is 0.255 e. The summed E-state index contributed by atoms with van der Waals surface area (Å²) in [4.78, 5) is 16.5. The third-order valence-corrected chi connectivity index (χ3v) is 5.22. The molecule has 7 heteroatoms. The van der Waals surface area contributed by atoms with Gasteiger partial charge in [-0.15, -0.1) is 0 Å². The summed E-state index contributed by atoms with van der Waals surface area (Å²) in [6.45, 7) is 0. The van der Waals surface area contributed by atoms with E-state index in [0.29, 0.717) is 27.2 Å². The van der Waals surface area contributed by atoms with Crippen molar-refractivity contribution < 1.29 is 9.53 Å². The van der Waals surface area contributed by atoms with Gasteiger partial charge in [0.2, 0.25) is 5.88 Å². The number of hydrogen-bond acceptors (Lipinski definition) is 4. The summed E-state index contributed by atoms with van der Waals surface area (Å²) in [6, 6.07) is 8.23. The number of amides is 1. The zero-order valence-corrected chi connectivity index (χ0v) is 14.4. The van der Waals surface area contributed by atoms with Crippen LogP contribution in [0.15, 0.2) is 36.5 Å². The third-order valence-electron chi connectivity index (χ3n) is 3.35. The molecule has 0 spiro atoms. The van der Waals surface area contributed by atoms with Gasteiger partial charge in [0.05, 0.1) is 10.0 Å².